The molecule has 0 fully saturated rings. The molecular weight excluding hydrogens is 249 g/mol. The first-order chi connectivity index (χ1) is 9.11. The van der Waals surface area contributed by atoms with Crippen molar-refractivity contribution in [3.05, 3.63) is 35.9 Å². The van der Waals surface area contributed by atoms with E-state index in [-0.39, 0.29) is 23.2 Å². The van der Waals surface area contributed by atoms with E-state index in [1.807, 2.05) is 13.8 Å². The van der Waals surface area contributed by atoms with Crippen LogP contribution in [-0.4, -0.2) is 16.6 Å². The number of halogens is 1. The molecule has 0 aliphatic carbocycles. The average molecular weight is 263 g/mol. The van der Waals surface area contributed by atoms with Crippen LogP contribution in [0.3, 0.4) is 0 Å². The van der Waals surface area contributed by atoms with Gasteiger partial charge in [0.1, 0.15) is 6.33 Å². The molecule has 2 aromatic rings. The van der Waals surface area contributed by atoms with Crippen LogP contribution in [0.25, 0.3) is 0 Å². The van der Waals surface area contributed by atoms with Gasteiger partial charge in [-0.25, -0.2) is 4.39 Å². The number of aromatic nitrogens is 2. The summed E-state index contributed by atoms with van der Waals surface area (Å²) in [5, 5.41) is 0. The molecule has 0 saturated heterocycles. The van der Waals surface area contributed by atoms with Crippen molar-refractivity contribution in [2.45, 2.75) is 13.8 Å². The normalized spacial score (nSPS) is 10.3. The summed E-state index contributed by atoms with van der Waals surface area (Å²) >= 11 is 0. The maximum absolute atomic E-state index is 13.6. The van der Waals surface area contributed by atoms with E-state index in [0.717, 1.165) is 5.56 Å². The number of anilines is 1. The Morgan fingerprint density at radius 3 is 2.74 bits per heavy atom. The molecule has 100 valence electrons. The number of hydrogen-bond donors (Lipinski definition) is 1. The van der Waals surface area contributed by atoms with Crippen LogP contribution in [0.4, 0.5) is 10.1 Å². The molecule has 1 aromatic carbocycles. The maximum atomic E-state index is 13.6. The van der Waals surface area contributed by atoms with Gasteiger partial charge < -0.3 is 15.2 Å². The number of ether oxygens (including phenoxy) is 2. The van der Waals surface area contributed by atoms with E-state index < -0.39 is 5.82 Å². The molecule has 0 radical (unpaired) electrons. The lowest BCUT2D eigenvalue weighted by molar-refractivity contribution is 0.325. The van der Waals surface area contributed by atoms with Gasteiger partial charge >= 0.3 is 0 Å². The highest BCUT2D eigenvalue weighted by Crippen LogP contribution is 2.32. The van der Waals surface area contributed by atoms with Gasteiger partial charge in [-0.3, -0.25) is 0 Å². The molecule has 5 nitrogen and oxygen atoms in total. The van der Waals surface area contributed by atoms with E-state index >= 15 is 0 Å². The molecule has 1 heterocycles. The zero-order valence-corrected chi connectivity index (χ0v) is 10.7. The fourth-order valence-electron chi connectivity index (χ4n) is 1.49. The van der Waals surface area contributed by atoms with Crippen molar-refractivity contribution in [1.29, 1.82) is 0 Å². The summed E-state index contributed by atoms with van der Waals surface area (Å²) in [5.74, 6) is -0.127. The van der Waals surface area contributed by atoms with Crippen LogP contribution in [-0.2, 0) is 0 Å². The highest BCUT2D eigenvalue weighted by molar-refractivity contribution is 5.56. The minimum atomic E-state index is -0.485. The minimum absolute atomic E-state index is 0.0628. The molecule has 2 N–H and O–H groups in total. The van der Waals surface area contributed by atoms with Gasteiger partial charge in [-0.15, -0.1) is 0 Å². The minimum Gasteiger partial charge on any atom is -0.476 e. The van der Waals surface area contributed by atoms with E-state index in [4.69, 9.17) is 15.2 Å². The first kappa shape index (κ1) is 13.1. The van der Waals surface area contributed by atoms with E-state index in [2.05, 4.69) is 9.97 Å². The lowest BCUT2D eigenvalue weighted by Crippen LogP contribution is -2.03. The summed E-state index contributed by atoms with van der Waals surface area (Å²) in [4.78, 5) is 7.76. The Bertz CT molecular complexity index is 590. The third-order valence-electron chi connectivity index (χ3n) is 2.39. The molecule has 0 unspecified atom stereocenters. The highest BCUT2D eigenvalue weighted by Gasteiger charge is 2.13. The van der Waals surface area contributed by atoms with Crippen LogP contribution in [0.5, 0.6) is 17.5 Å². The van der Waals surface area contributed by atoms with Crippen molar-refractivity contribution in [3.8, 4) is 17.5 Å². The van der Waals surface area contributed by atoms with Crippen molar-refractivity contribution in [2.75, 3.05) is 12.3 Å². The Morgan fingerprint density at radius 2 is 2.00 bits per heavy atom. The van der Waals surface area contributed by atoms with Crippen molar-refractivity contribution in [3.63, 3.8) is 0 Å². The van der Waals surface area contributed by atoms with Gasteiger partial charge in [0.25, 0.3) is 0 Å². The van der Waals surface area contributed by atoms with Gasteiger partial charge in [0.2, 0.25) is 11.8 Å². The molecule has 0 bridgehead atoms. The van der Waals surface area contributed by atoms with Crippen molar-refractivity contribution in [1.82, 2.24) is 9.97 Å². The first-order valence-electron chi connectivity index (χ1n) is 5.79. The number of hydrogen-bond acceptors (Lipinski definition) is 5. The molecule has 1 aromatic heterocycles. The molecule has 6 heteroatoms. The van der Waals surface area contributed by atoms with Crippen LogP contribution < -0.4 is 15.2 Å². The van der Waals surface area contributed by atoms with Crippen molar-refractivity contribution in [2.24, 2.45) is 0 Å². The van der Waals surface area contributed by atoms with Gasteiger partial charge in [-0.2, -0.15) is 9.97 Å². The molecule has 0 aliphatic heterocycles. The summed E-state index contributed by atoms with van der Waals surface area (Å²) < 4.78 is 24.2. The number of rotatable bonds is 4. The maximum Gasteiger partial charge on any atom is 0.249 e. The lowest BCUT2D eigenvalue weighted by atomic mass is 10.2. The highest BCUT2D eigenvalue weighted by atomic mass is 19.1. The quantitative estimate of drug-likeness (QED) is 0.918. The van der Waals surface area contributed by atoms with Crippen LogP contribution in [0, 0.1) is 12.7 Å². The standard InChI is InChI=1S/C13H14FN3O2/c1-3-18-12-11(15)13(17-7-16-12)19-10-6-8(2)4-5-9(10)14/h4-7H,3,15H2,1-2H3. The van der Waals surface area contributed by atoms with Crippen LogP contribution >= 0.6 is 0 Å². The second-order valence-electron chi connectivity index (χ2n) is 3.87. The second-order valence-corrected chi connectivity index (χ2v) is 3.87. The second kappa shape index (κ2) is 5.51. The monoisotopic (exact) mass is 263 g/mol. The van der Waals surface area contributed by atoms with Gasteiger partial charge in [0.15, 0.2) is 17.3 Å². The smallest absolute Gasteiger partial charge is 0.249 e. The Hall–Kier alpha value is -2.37. The predicted octanol–water partition coefficient (Wildman–Crippen LogP) is 2.70. The lowest BCUT2D eigenvalue weighted by Gasteiger charge is -2.10. The fourth-order valence-corrected chi connectivity index (χ4v) is 1.49. The topological polar surface area (TPSA) is 70.3 Å². The summed E-state index contributed by atoms with van der Waals surface area (Å²) in [6.45, 7) is 4.06. The fraction of sp³-hybridized carbons (Fsp3) is 0.231. The molecular formula is C13H14FN3O2. The number of aryl methyl sites for hydroxylation is 1. The zero-order valence-electron chi connectivity index (χ0n) is 10.7. The number of benzene rings is 1. The third-order valence-corrected chi connectivity index (χ3v) is 2.39. The summed E-state index contributed by atoms with van der Waals surface area (Å²) in [6.07, 6.45) is 1.25. The van der Waals surface area contributed by atoms with E-state index in [0.29, 0.717) is 6.61 Å². The molecule has 0 spiro atoms. The van der Waals surface area contributed by atoms with Gasteiger partial charge in [0.05, 0.1) is 6.61 Å². The molecule has 2 rings (SSSR count). The Kier molecular flexibility index (Phi) is 3.79. The van der Waals surface area contributed by atoms with E-state index in [1.54, 1.807) is 12.1 Å². The Balaban J connectivity index is 2.33. The first-order valence-corrected chi connectivity index (χ1v) is 5.79. The van der Waals surface area contributed by atoms with Crippen molar-refractivity contribution < 1.29 is 13.9 Å². The van der Waals surface area contributed by atoms with Gasteiger partial charge in [-0.05, 0) is 31.5 Å². The summed E-state index contributed by atoms with van der Waals surface area (Å²) in [5.41, 5.74) is 6.82. The zero-order chi connectivity index (χ0) is 13.8. The van der Waals surface area contributed by atoms with Gasteiger partial charge in [0, 0.05) is 0 Å². The van der Waals surface area contributed by atoms with Gasteiger partial charge in [-0.1, -0.05) is 6.07 Å². The number of nitrogen functional groups attached to an aromatic ring is 1. The van der Waals surface area contributed by atoms with Crippen LogP contribution in [0.1, 0.15) is 12.5 Å². The van der Waals surface area contributed by atoms with E-state index in [9.17, 15) is 4.39 Å². The molecule has 0 atom stereocenters. The molecule has 0 saturated carbocycles. The van der Waals surface area contributed by atoms with Crippen molar-refractivity contribution >= 4 is 5.69 Å². The third kappa shape index (κ3) is 2.90. The molecule has 0 amide bonds. The average Bonchev–Trinajstić information content (AvgIpc) is 2.39. The Morgan fingerprint density at radius 1 is 1.26 bits per heavy atom. The van der Waals surface area contributed by atoms with Crippen LogP contribution in [0.2, 0.25) is 0 Å². The number of nitrogens with two attached hydrogens (primary N) is 1. The molecule has 19 heavy (non-hydrogen) atoms. The van der Waals surface area contributed by atoms with E-state index in [1.165, 1.54) is 12.4 Å². The Labute approximate surface area is 110 Å². The molecule has 0 aliphatic rings. The largest absolute Gasteiger partial charge is 0.476 e. The SMILES string of the molecule is CCOc1ncnc(Oc2cc(C)ccc2F)c1N. The number of nitrogens with zero attached hydrogens (tertiary/aromatic N) is 2. The van der Waals surface area contributed by atoms with Crippen LogP contribution in [0.15, 0.2) is 24.5 Å². The summed E-state index contributed by atoms with van der Waals surface area (Å²) in [6, 6.07) is 4.54. The summed E-state index contributed by atoms with van der Waals surface area (Å²) in [7, 11) is 0. The predicted molar refractivity (Wildman–Crippen MR) is 68.8 cm³/mol.